The molecule has 2 amide bonds. The Balaban J connectivity index is 2.39. The molecule has 0 aromatic heterocycles. The van der Waals surface area contributed by atoms with Crippen LogP contribution < -0.4 is 14.4 Å². The molecule has 0 bridgehead atoms. The van der Waals surface area contributed by atoms with Gasteiger partial charge in [-0.2, -0.15) is 0 Å². The Morgan fingerprint density at radius 3 is 2.35 bits per heavy atom. The molecule has 2 rings (SSSR count). The van der Waals surface area contributed by atoms with Crippen molar-refractivity contribution in [1.82, 2.24) is 10.2 Å². The molecule has 1 N–H and O–H groups in total. The highest BCUT2D eigenvalue weighted by Gasteiger charge is 2.31. The molecule has 1 unspecified atom stereocenters. The van der Waals surface area contributed by atoms with E-state index in [9.17, 15) is 18.0 Å². The van der Waals surface area contributed by atoms with Gasteiger partial charge in [0.1, 0.15) is 18.3 Å². The molecule has 186 valence electrons. The van der Waals surface area contributed by atoms with Gasteiger partial charge in [-0.25, -0.2) is 8.42 Å². The molecule has 0 aliphatic rings. The van der Waals surface area contributed by atoms with Crippen LogP contribution in [-0.2, 0) is 26.2 Å². The first kappa shape index (κ1) is 27.2. The van der Waals surface area contributed by atoms with Gasteiger partial charge >= 0.3 is 0 Å². The average Bonchev–Trinajstić information content (AvgIpc) is 2.82. The van der Waals surface area contributed by atoms with E-state index in [2.05, 4.69) is 5.32 Å². The fourth-order valence-electron chi connectivity index (χ4n) is 3.60. The molecule has 2 aromatic carbocycles. The molecule has 9 heteroatoms. The van der Waals surface area contributed by atoms with E-state index < -0.39 is 28.5 Å². The number of methoxy groups -OCH3 is 1. The third-order valence-electron chi connectivity index (χ3n) is 5.43. The number of unbranched alkanes of at least 4 members (excludes halogenated alkanes) is 1. The lowest BCUT2D eigenvalue weighted by Crippen LogP contribution is -2.52. The van der Waals surface area contributed by atoms with E-state index in [1.807, 2.05) is 26.0 Å². The molecule has 1 atom stereocenters. The number of rotatable bonds is 13. The maximum absolute atomic E-state index is 13.6. The van der Waals surface area contributed by atoms with Crippen LogP contribution in [0.3, 0.4) is 0 Å². The number of carbonyl (C=O) groups is 2. The van der Waals surface area contributed by atoms with Crippen LogP contribution in [0.5, 0.6) is 5.75 Å². The minimum Gasteiger partial charge on any atom is -0.497 e. The fraction of sp³-hybridized carbons (Fsp3) is 0.440. The SMILES string of the molecule is CCCCNC(=O)C(CC)N(Cc1cccc(OC)c1)C(=O)CN(c1ccccc1)S(C)(=O)=O. The maximum atomic E-state index is 13.6. The summed E-state index contributed by atoms with van der Waals surface area (Å²) in [7, 11) is -2.18. The quantitative estimate of drug-likeness (QED) is 0.436. The second-order valence-corrected chi connectivity index (χ2v) is 9.95. The summed E-state index contributed by atoms with van der Waals surface area (Å²) in [6.45, 7) is 4.12. The van der Waals surface area contributed by atoms with E-state index in [0.29, 0.717) is 24.4 Å². The summed E-state index contributed by atoms with van der Waals surface area (Å²) in [5, 5.41) is 2.90. The predicted octanol–water partition coefficient (Wildman–Crippen LogP) is 3.18. The number of hydrogen-bond acceptors (Lipinski definition) is 5. The van der Waals surface area contributed by atoms with Gasteiger partial charge in [-0.3, -0.25) is 13.9 Å². The standard InChI is InChI=1S/C25H35N3O5S/c1-5-7-16-26-25(30)23(6-2)27(18-20-12-11-15-22(17-20)33-3)24(29)19-28(34(4,31)32)21-13-9-8-10-14-21/h8-15,17,23H,5-7,16,18-19H2,1-4H3,(H,26,30). The van der Waals surface area contributed by atoms with Gasteiger partial charge in [0.05, 0.1) is 19.1 Å². The van der Waals surface area contributed by atoms with Crippen LogP contribution in [0, 0.1) is 0 Å². The van der Waals surface area contributed by atoms with Crippen molar-refractivity contribution < 1.29 is 22.7 Å². The molecular weight excluding hydrogens is 454 g/mol. The molecule has 34 heavy (non-hydrogen) atoms. The zero-order valence-corrected chi connectivity index (χ0v) is 21.2. The molecule has 0 heterocycles. The van der Waals surface area contributed by atoms with Crippen molar-refractivity contribution in [3.63, 3.8) is 0 Å². The number of benzene rings is 2. The van der Waals surface area contributed by atoms with E-state index in [1.165, 1.54) is 4.90 Å². The molecule has 0 saturated carbocycles. The van der Waals surface area contributed by atoms with Gasteiger partial charge in [0.25, 0.3) is 0 Å². The van der Waals surface area contributed by atoms with Crippen molar-refractivity contribution in [3.05, 3.63) is 60.2 Å². The van der Waals surface area contributed by atoms with Gasteiger partial charge in [0.15, 0.2) is 0 Å². The lowest BCUT2D eigenvalue weighted by molar-refractivity contribution is -0.140. The van der Waals surface area contributed by atoms with Crippen LogP contribution in [0.2, 0.25) is 0 Å². The summed E-state index contributed by atoms with van der Waals surface area (Å²) in [5.74, 6) is -0.0835. The number of hydrogen-bond donors (Lipinski definition) is 1. The Morgan fingerprint density at radius 2 is 1.76 bits per heavy atom. The van der Waals surface area contributed by atoms with Crippen molar-refractivity contribution in [2.45, 2.75) is 45.7 Å². The zero-order valence-electron chi connectivity index (χ0n) is 20.4. The Morgan fingerprint density at radius 1 is 1.06 bits per heavy atom. The molecule has 0 saturated heterocycles. The Labute approximate surface area is 202 Å². The highest BCUT2D eigenvalue weighted by atomic mass is 32.2. The van der Waals surface area contributed by atoms with E-state index >= 15 is 0 Å². The molecule has 8 nitrogen and oxygen atoms in total. The lowest BCUT2D eigenvalue weighted by atomic mass is 10.1. The van der Waals surface area contributed by atoms with Crippen LogP contribution in [0.25, 0.3) is 0 Å². The van der Waals surface area contributed by atoms with Gasteiger partial charge in [-0.05, 0) is 42.7 Å². The monoisotopic (exact) mass is 489 g/mol. The normalized spacial score (nSPS) is 12.0. The van der Waals surface area contributed by atoms with Gasteiger partial charge in [-0.15, -0.1) is 0 Å². The first-order valence-electron chi connectivity index (χ1n) is 11.4. The average molecular weight is 490 g/mol. The van der Waals surface area contributed by atoms with Crippen molar-refractivity contribution in [3.8, 4) is 5.75 Å². The van der Waals surface area contributed by atoms with Crippen LogP contribution >= 0.6 is 0 Å². The number of carbonyl (C=O) groups excluding carboxylic acids is 2. The second-order valence-electron chi connectivity index (χ2n) is 8.05. The van der Waals surface area contributed by atoms with Crippen LogP contribution in [-0.4, -0.2) is 57.6 Å². The Hall–Kier alpha value is -3.07. The largest absolute Gasteiger partial charge is 0.497 e. The molecule has 0 spiro atoms. The lowest BCUT2D eigenvalue weighted by Gasteiger charge is -2.33. The van der Waals surface area contributed by atoms with E-state index in [-0.39, 0.29) is 12.5 Å². The summed E-state index contributed by atoms with van der Waals surface area (Å²) in [6.07, 6.45) is 3.22. The van der Waals surface area contributed by atoms with Crippen LogP contribution in [0.1, 0.15) is 38.7 Å². The predicted molar refractivity (Wildman–Crippen MR) is 134 cm³/mol. The van der Waals surface area contributed by atoms with Crippen LogP contribution in [0.4, 0.5) is 5.69 Å². The number of ether oxygens (including phenoxy) is 1. The minimum absolute atomic E-state index is 0.141. The topological polar surface area (TPSA) is 96.0 Å². The smallest absolute Gasteiger partial charge is 0.244 e. The number of amides is 2. The van der Waals surface area contributed by atoms with Crippen molar-refractivity contribution in [1.29, 1.82) is 0 Å². The van der Waals surface area contributed by atoms with Gasteiger partial charge < -0.3 is 15.0 Å². The highest BCUT2D eigenvalue weighted by Crippen LogP contribution is 2.20. The molecular formula is C25H35N3O5S. The summed E-state index contributed by atoms with van der Waals surface area (Å²) in [5.41, 5.74) is 1.17. The molecule has 0 radical (unpaired) electrons. The molecule has 0 aliphatic heterocycles. The number of anilines is 1. The number of para-hydroxylation sites is 1. The first-order valence-corrected chi connectivity index (χ1v) is 13.3. The van der Waals surface area contributed by atoms with E-state index in [1.54, 1.807) is 49.6 Å². The van der Waals surface area contributed by atoms with E-state index in [0.717, 1.165) is 29.0 Å². The third-order valence-corrected chi connectivity index (χ3v) is 6.57. The maximum Gasteiger partial charge on any atom is 0.244 e. The molecule has 0 fully saturated rings. The number of nitrogens with one attached hydrogen (secondary N) is 1. The molecule has 2 aromatic rings. The van der Waals surface area contributed by atoms with Gasteiger partial charge in [0.2, 0.25) is 21.8 Å². The highest BCUT2D eigenvalue weighted by molar-refractivity contribution is 7.92. The summed E-state index contributed by atoms with van der Waals surface area (Å²) >= 11 is 0. The number of sulfonamides is 1. The summed E-state index contributed by atoms with van der Waals surface area (Å²) in [4.78, 5) is 28.0. The first-order chi connectivity index (χ1) is 16.2. The van der Waals surface area contributed by atoms with Crippen molar-refractivity contribution in [2.24, 2.45) is 0 Å². The summed E-state index contributed by atoms with van der Waals surface area (Å²) in [6, 6.07) is 15.0. The second kappa shape index (κ2) is 13.0. The molecule has 0 aliphatic carbocycles. The Kier molecular flexibility index (Phi) is 10.4. The summed E-state index contributed by atoms with van der Waals surface area (Å²) < 4.78 is 31.4. The fourth-order valence-corrected chi connectivity index (χ4v) is 4.45. The zero-order chi connectivity index (χ0) is 25.1. The van der Waals surface area contributed by atoms with Gasteiger partial charge in [-0.1, -0.05) is 50.6 Å². The Bertz CT molecular complexity index is 1040. The number of nitrogens with zero attached hydrogens (tertiary/aromatic N) is 2. The van der Waals surface area contributed by atoms with Crippen molar-refractivity contribution >= 4 is 27.5 Å². The minimum atomic E-state index is -3.74. The third kappa shape index (κ3) is 7.76. The van der Waals surface area contributed by atoms with Gasteiger partial charge in [0, 0.05) is 13.1 Å². The van der Waals surface area contributed by atoms with E-state index in [4.69, 9.17) is 4.74 Å². The van der Waals surface area contributed by atoms with Crippen LogP contribution in [0.15, 0.2) is 54.6 Å². The van der Waals surface area contributed by atoms with Crippen molar-refractivity contribution in [2.75, 3.05) is 30.8 Å².